The molecule has 0 bridgehead atoms. The first-order valence-electron chi connectivity index (χ1n) is 5.20. The van der Waals surface area contributed by atoms with E-state index in [1.54, 1.807) is 12.3 Å². The lowest BCUT2D eigenvalue weighted by atomic mass is 10.2. The number of pyridine rings is 1. The van der Waals surface area contributed by atoms with Gasteiger partial charge in [0.05, 0.1) is 18.8 Å². The molecule has 2 rings (SSSR count). The standard InChI is InChI=1S/C12H12N4/c1-13-10-3-4-11(16-8-10)7-15-9-12(14-2)5-6-12/h3-4,8,15H,5-7,9H2. The predicted octanol–water partition coefficient (Wildman–Crippen LogP) is 2.17. The molecule has 1 N–H and O–H groups in total. The maximum atomic E-state index is 7.04. The van der Waals surface area contributed by atoms with E-state index < -0.39 is 0 Å². The molecular formula is C12H12N4. The molecule has 1 fully saturated rings. The van der Waals surface area contributed by atoms with Crippen LogP contribution in [0.25, 0.3) is 9.69 Å². The molecule has 4 nitrogen and oxygen atoms in total. The normalized spacial score (nSPS) is 16.1. The monoisotopic (exact) mass is 212 g/mol. The van der Waals surface area contributed by atoms with Crippen LogP contribution in [-0.4, -0.2) is 17.1 Å². The maximum absolute atomic E-state index is 7.04. The summed E-state index contributed by atoms with van der Waals surface area (Å²) in [6, 6.07) is 3.61. The molecule has 1 heterocycles. The molecule has 0 aliphatic heterocycles. The van der Waals surface area contributed by atoms with Crippen LogP contribution in [0.5, 0.6) is 0 Å². The van der Waals surface area contributed by atoms with Gasteiger partial charge in [-0.1, -0.05) is 6.07 Å². The highest BCUT2D eigenvalue weighted by Gasteiger charge is 2.50. The molecule has 1 aliphatic rings. The average molecular weight is 212 g/mol. The molecule has 0 atom stereocenters. The van der Waals surface area contributed by atoms with E-state index in [2.05, 4.69) is 20.0 Å². The van der Waals surface area contributed by atoms with E-state index in [-0.39, 0.29) is 5.54 Å². The van der Waals surface area contributed by atoms with Crippen LogP contribution in [0.4, 0.5) is 5.69 Å². The molecule has 16 heavy (non-hydrogen) atoms. The van der Waals surface area contributed by atoms with Crippen molar-refractivity contribution in [2.45, 2.75) is 24.9 Å². The molecule has 1 aromatic rings. The lowest BCUT2D eigenvalue weighted by Crippen LogP contribution is -2.25. The van der Waals surface area contributed by atoms with Crippen molar-refractivity contribution in [3.63, 3.8) is 0 Å². The Balaban J connectivity index is 1.82. The first-order chi connectivity index (χ1) is 7.78. The van der Waals surface area contributed by atoms with Gasteiger partial charge < -0.3 is 10.2 Å². The van der Waals surface area contributed by atoms with Gasteiger partial charge in [0.2, 0.25) is 11.2 Å². The van der Waals surface area contributed by atoms with E-state index in [0.29, 0.717) is 12.2 Å². The van der Waals surface area contributed by atoms with E-state index in [9.17, 15) is 0 Å². The van der Waals surface area contributed by atoms with Gasteiger partial charge in [0, 0.05) is 25.6 Å². The number of nitrogens with zero attached hydrogens (tertiary/aromatic N) is 3. The molecule has 1 aromatic heterocycles. The topological polar surface area (TPSA) is 33.6 Å². The van der Waals surface area contributed by atoms with E-state index in [4.69, 9.17) is 13.1 Å². The lowest BCUT2D eigenvalue weighted by Gasteiger charge is -2.05. The average Bonchev–Trinajstić information content (AvgIpc) is 3.11. The van der Waals surface area contributed by atoms with Gasteiger partial charge in [-0.05, 0) is 6.07 Å². The third-order valence-electron chi connectivity index (χ3n) is 2.76. The Kier molecular flexibility index (Phi) is 2.85. The van der Waals surface area contributed by atoms with Crippen LogP contribution in [-0.2, 0) is 6.54 Å². The summed E-state index contributed by atoms with van der Waals surface area (Å²) in [5, 5.41) is 3.24. The highest BCUT2D eigenvalue weighted by Crippen LogP contribution is 2.38. The largest absolute Gasteiger partial charge is 0.309 e. The molecule has 0 aromatic carbocycles. The van der Waals surface area contributed by atoms with Crippen LogP contribution in [0.3, 0.4) is 0 Å². The van der Waals surface area contributed by atoms with Gasteiger partial charge in [-0.3, -0.25) is 4.98 Å². The molecule has 0 saturated heterocycles. The van der Waals surface area contributed by atoms with Crippen molar-refractivity contribution in [3.05, 3.63) is 46.9 Å². The number of nitrogens with one attached hydrogen (secondary N) is 1. The van der Waals surface area contributed by atoms with Crippen LogP contribution < -0.4 is 5.32 Å². The second-order valence-corrected chi connectivity index (χ2v) is 4.06. The fourth-order valence-electron chi connectivity index (χ4n) is 1.48. The minimum absolute atomic E-state index is 0.129. The Morgan fingerprint density at radius 2 is 2.19 bits per heavy atom. The molecule has 0 radical (unpaired) electrons. The Hall–Kier alpha value is -1.91. The summed E-state index contributed by atoms with van der Waals surface area (Å²) in [5.74, 6) is 0. The molecule has 4 heteroatoms. The summed E-state index contributed by atoms with van der Waals surface area (Å²) in [5.41, 5.74) is 1.34. The predicted molar refractivity (Wildman–Crippen MR) is 60.8 cm³/mol. The summed E-state index contributed by atoms with van der Waals surface area (Å²) in [4.78, 5) is 11.1. The van der Waals surface area contributed by atoms with Crippen LogP contribution in [0.1, 0.15) is 18.5 Å². The van der Waals surface area contributed by atoms with Crippen molar-refractivity contribution in [3.8, 4) is 0 Å². The van der Waals surface area contributed by atoms with Crippen molar-refractivity contribution in [2.75, 3.05) is 6.54 Å². The van der Waals surface area contributed by atoms with E-state index in [0.717, 1.165) is 25.1 Å². The number of hydrogen-bond donors (Lipinski definition) is 1. The zero-order chi connectivity index (χ0) is 11.4. The number of rotatable bonds is 4. The third kappa shape index (κ3) is 2.36. The Bertz CT molecular complexity index is 445. The molecule has 1 aliphatic carbocycles. The molecule has 0 amide bonds. The quantitative estimate of drug-likeness (QED) is 0.776. The van der Waals surface area contributed by atoms with Crippen molar-refractivity contribution < 1.29 is 0 Å². The van der Waals surface area contributed by atoms with Crippen molar-refractivity contribution in [1.82, 2.24) is 10.3 Å². The summed E-state index contributed by atoms with van der Waals surface area (Å²) in [7, 11) is 0. The molecule has 0 spiro atoms. The lowest BCUT2D eigenvalue weighted by molar-refractivity contribution is 0.614. The SMILES string of the molecule is [C-]#[N+]c1ccc(CNCC2([N+]#[C-])CC2)nc1. The van der Waals surface area contributed by atoms with E-state index in [1.807, 2.05) is 6.07 Å². The van der Waals surface area contributed by atoms with Crippen LogP contribution in [0, 0.1) is 13.1 Å². The third-order valence-corrected chi connectivity index (χ3v) is 2.76. The molecule has 0 unspecified atom stereocenters. The van der Waals surface area contributed by atoms with Crippen molar-refractivity contribution in [1.29, 1.82) is 0 Å². The first-order valence-corrected chi connectivity index (χ1v) is 5.20. The van der Waals surface area contributed by atoms with Gasteiger partial charge in [-0.15, -0.1) is 0 Å². The molecular weight excluding hydrogens is 200 g/mol. The van der Waals surface area contributed by atoms with Crippen LogP contribution in [0.15, 0.2) is 18.3 Å². The second kappa shape index (κ2) is 4.30. The van der Waals surface area contributed by atoms with Gasteiger partial charge in [-0.25, -0.2) is 11.4 Å². The zero-order valence-electron chi connectivity index (χ0n) is 8.90. The van der Waals surface area contributed by atoms with Crippen molar-refractivity contribution in [2.24, 2.45) is 0 Å². The second-order valence-electron chi connectivity index (χ2n) is 4.06. The maximum Gasteiger partial charge on any atom is 0.245 e. The highest BCUT2D eigenvalue weighted by molar-refractivity contribution is 5.41. The van der Waals surface area contributed by atoms with Crippen LogP contribution in [0.2, 0.25) is 0 Å². The fraction of sp³-hybridized carbons (Fsp3) is 0.417. The van der Waals surface area contributed by atoms with Gasteiger partial charge in [0.1, 0.15) is 0 Å². The van der Waals surface area contributed by atoms with Gasteiger partial charge in [0.15, 0.2) is 0 Å². The van der Waals surface area contributed by atoms with Crippen molar-refractivity contribution >= 4 is 5.69 Å². The van der Waals surface area contributed by atoms with E-state index in [1.165, 1.54) is 0 Å². The van der Waals surface area contributed by atoms with Gasteiger partial charge >= 0.3 is 0 Å². The molecule has 80 valence electrons. The minimum atomic E-state index is -0.129. The van der Waals surface area contributed by atoms with E-state index >= 15 is 0 Å². The van der Waals surface area contributed by atoms with Crippen LogP contribution >= 0.6 is 0 Å². The summed E-state index contributed by atoms with van der Waals surface area (Å²) in [6.07, 6.45) is 3.59. The summed E-state index contributed by atoms with van der Waals surface area (Å²) < 4.78 is 0. The zero-order valence-corrected chi connectivity index (χ0v) is 8.90. The fourth-order valence-corrected chi connectivity index (χ4v) is 1.48. The van der Waals surface area contributed by atoms with Gasteiger partial charge in [0.25, 0.3) is 0 Å². The Morgan fingerprint density at radius 1 is 1.38 bits per heavy atom. The minimum Gasteiger partial charge on any atom is -0.309 e. The van der Waals surface area contributed by atoms with Gasteiger partial charge in [-0.2, -0.15) is 0 Å². The Morgan fingerprint density at radius 3 is 2.69 bits per heavy atom. The Labute approximate surface area is 95.0 Å². The first kappa shape index (κ1) is 10.6. The number of aromatic nitrogens is 1. The highest BCUT2D eigenvalue weighted by atomic mass is 15.0. The summed E-state index contributed by atoms with van der Waals surface area (Å²) in [6.45, 7) is 15.2. The summed E-state index contributed by atoms with van der Waals surface area (Å²) >= 11 is 0. The molecule has 1 saturated carbocycles. The smallest absolute Gasteiger partial charge is 0.245 e. The number of hydrogen-bond acceptors (Lipinski definition) is 2.